The van der Waals surface area contributed by atoms with Crippen molar-refractivity contribution in [2.24, 2.45) is 5.73 Å². The van der Waals surface area contributed by atoms with E-state index in [1.54, 1.807) is 0 Å². The van der Waals surface area contributed by atoms with E-state index in [4.69, 9.17) is 5.73 Å². The number of hydrogen-bond donors (Lipinski definition) is 1. The minimum Gasteiger partial charge on any atom is -0.329 e. The van der Waals surface area contributed by atoms with E-state index >= 15 is 0 Å². The van der Waals surface area contributed by atoms with Crippen molar-refractivity contribution >= 4 is 0 Å². The van der Waals surface area contributed by atoms with Gasteiger partial charge in [-0.2, -0.15) is 0 Å². The van der Waals surface area contributed by atoms with Crippen LogP contribution in [0.2, 0.25) is 0 Å². The number of piperazine rings is 1. The number of nitrogens with zero attached hydrogens (tertiary/aromatic N) is 2. The van der Waals surface area contributed by atoms with E-state index in [2.05, 4.69) is 16.7 Å². The van der Waals surface area contributed by atoms with Crippen LogP contribution in [0, 0.1) is 0 Å². The van der Waals surface area contributed by atoms with Crippen LogP contribution in [-0.2, 0) is 0 Å². The maximum absolute atomic E-state index is 12.0. The topological polar surface area (TPSA) is 32.5 Å². The number of rotatable bonds is 6. The smallest absolute Gasteiger partial charge is 0.0906 e. The third-order valence-corrected chi connectivity index (χ3v) is 3.27. The molecule has 90 valence electrons. The van der Waals surface area contributed by atoms with Crippen LogP contribution >= 0.6 is 0 Å². The molecule has 0 aromatic carbocycles. The number of halogens is 1. The highest BCUT2D eigenvalue weighted by molar-refractivity contribution is 4.78. The molecule has 1 rings (SSSR count). The number of hydrogen-bond acceptors (Lipinski definition) is 3. The van der Waals surface area contributed by atoms with Crippen LogP contribution in [0.5, 0.6) is 0 Å². The average molecular weight is 217 g/mol. The van der Waals surface area contributed by atoms with Crippen LogP contribution in [0.4, 0.5) is 4.39 Å². The van der Waals surface area contributed by atoms with Crippen molar-refractivity contribution in [2.75, 3.05) is 45.9 Å². The van der Waals surface area contributed by atoms with Gasteiger partial charge in [0.1, 0.15) is 0 Å². The summed E-state index contributed by atoms with van der Waals surface area (Å²) in [6.45, 7) is 7.95. The molecule has 1 atom stereocenters. The molecule has 0 aromatic heterocycles. The van der Waals surface area contributed by atoms with E-state index in [0.29, 0.717) is 12.5 Å². The lowest BCUT2D eigenvalue weighted by atomic mass is 10.1. The molecule has 15 heavy (non-hydrogen) atoms. The monoisotopic (exact) mass is 217 g/mol. The highest BCUT2D eigenvalue weighted by Crippen LogP contribution is 2.08. The fourth-order valence-corrected chi connectivity index (χ4v) is 2.21. The van der Waals surface area contributed by atoms with Crippen molar-refractivity contribution in [3.63, 3.8) is 0 Å². The fourth-order valence-electron chi connectivity index (χ4n) is 2.21. The molecule has 0 amide bonds. The number of nitrogens with two attached hydrogens (primary N) is 1. The van der Waals surface area contributed by atoms with E-state index in [-0.39, 0.29) is 6.67 Å². The van der Waals surface area contributed by atoms with Gasteiger partial charge in [-0.15, -0.1) is 0 Å². The standard InChI is InChI=1S/C11H24FN3/c1-2-11(10-13)15-8-6-14(7-9-15)5-3-4-12/h11H,2-10,13H2,1H3. The molecule has 2 N–H and O–H groups in total. The van der Waals surface area contributed by atoms with Gasteiger partial charge in [-0.05, 0) is 12.8 Å². The minimum absolute atomic E-state index is 0.194. The second-order valence-corrected chi connectivity index (χ2v) is 4.22. The molecular weight excluding hydrogens is 193 g/mol. The molecule has 1 unspecified atom stereocenters. The first kappa shape index (κ1) is 12.9. The average Bonchev–Trinajstić information content (AvgIpc) is 2.29. The summed E-state index contributed by atoms with van der Waals surface area (Å²) in [6, 6.07) is 0.535. The summed E-state index contributed by atoms with van der Waals surface area (Å²) in [6.07, 6.45) is 1.80. The van der Waals surface area contributed by atoms with E-state index in [1.807, 2.05) is 0 Å². The molecule has 1 saturated heterocycles. The minimum atomic E-state index is -0.194. The molecule has 3 nitrogen and oxygen atoms in total. The fraction of sp³-hybridized carbons (Fsp3) is 1.00. The lowest BCUT2D eigenvalue weighted by Gasteiger charge is -2.38. The molecule has 0 bridgehead atoms. The quantitative estimate of drug-likeness (QED) is 0.711. The summed E-state index contributed by atoms with van der Waals surface area (Å²) in [4.78, 5) is 4.81. The Labute approximate surface area is 92.4 Å². The van der Waals surface area contributed by atoms with E-state index < -0.39 is 0 Å². The zero-order valence-corrected chi connectivity index (χ0v) is 9.79. The number of alkyl halides is 1. The Morgan fingerprint density at radius 3 is 2.40 bits per heavy atom. The first-order valence-electron chi connectivity index (χ1n) is 6.04. The van der Waals surface area contributed by atoms with Gasteiger partial charge >= 0.3 is 0 Å². The van der Waals surface area contributed by atoms with Gasteiger partial charge in [-0.3, -0.25) is 9.29 Å². The maximum atomic E-state index is 12.0. The van der Waals surface area contributed by atoms with Crippen molar-refractivity contribution in [2.45, 2.75) is 25.8 Å². The molecule has 0 aliphatic carbocycles. The van der Waals surface area contributed by atoms with Crippen LogP contribution < -0.4 is 5.73 Å². The second-order valence-electron chi connectivity index (χ2n) is 4.22. The molecule has 0 saturated carbocycles. The van der Waals surface area contributed by atoms with E-state index in [9.17, 15) is 4.39 Å². The molecule has 1 aliphatic rings. The SMILES string of the molecule is CCC(CN)N1CCN(CCCF)CC1. The summed E-state index contributed by atoms with van der Waals surface area (Å²) in [5.74, 6) is 0. The summed E-state index contributed by atoms with van der Waals surface area (Å²) >= 11 is 0. The lowest BCUT2D eigenvalue weighted by Crippen LogP contribution is -2.52. The van der Waals surface area contributed by atoms with Crippen molar-refractivity contribution in [3.8, 4) is 0 Å². The predicted molar refractivity (Wildman–Crippen MR) is 61.7 cm³/mol. The summed E-state index contributed by atoms with van der Waals surface area (Å²) < 4.78 is 12.0. The lowest BCUT2D eigenvalue weighted by molar-refractivity contribution is 0.0948. The largest absolute Gasteiger partial charge is 0.329 e. The van der Waals surface area contributed by atoms with Crippen LogP contribution in [0.25, 0.3) is 0 Å². The first-order valence-corrected chi connectivity index (χ1v) is 6.04. The highest BCUT2D eigenvalue weighted by Gasteiger charge is 2.21. The van der Waals surface area contributed by atoms with Crippen LogP contribution in [0.1, 0.15) is 19.8 Å². The van der Waals surface area contributed by atoms with Gasteiger partial charge in [-0.1, -0.05) is 6.92 Å². The molecule has 1 aliphatic heterocycles. The third-order valence-electron chi connectivity index (χ3n) is 3.27. The Kier molecular flexibility index (Phi) is 6.13. The molecule has 0 aromatic rings. The highest BCUT2D eigenvalue weighted by atomic mass is 19.1. The van der Waals surface area contributed by atoms with Gasteiger partial charge in [0.15, 0.2) is 0 Å². The molecule has 4 heteroatoms. The van der Waals surface area contributed by atoms with Crippen LogP contribution in [0.15, 0.2) is 0 Å². The molecule has 0 spiro atoms. The summed E-state index contributed by atoms with van der Waals surface area (Å²) in [7, 11) is 0. The first-order chi connectivity index (χ1) is 7.31. The summed E-state index contributed by atoms with van der Waals surface area (Å²) in [5, 5.41) is 0. The Morgan fingerprint density at radius 2 is 1.93 bits per heavy atom. The van der Waals surface area contributed by atoms with Crippen molar-refractivity contribution < 1.29 is 4.39 Å². The van der Waals surface area contributed by atoms with E-state index in [1.165, 1.54) is 0 Å². The molecule has 0 radical (unpaired) electrons. The Bertz CT molecular complexity index is 154. The Hall–Kier alpha value is -0.190. The van der Waals surface area contributed by atoms with Gasteiger partial charge in [-0.25, -0.2) is 0 Å². The van der Waals surface area contributed by atoms with Crippen molar-refractivity contribution in [3.05, 3.63) is 0 Å². The van der Waals surface area contributed by atoms with Gasteiger partial charge in [0.2, 0.25) is 0 Å². The summed E-state index contributed by atoms with van der Waals surface area (Å²) in [5.41, 5.74) is 5.72. The zero-order valence-electron chi connectivity index (χ0n) is 9.79. The van der Waals surface area contributed by atoms with Gasteiger partial charge in [0.25, 0.3) is 0 Å². The Balaban J connectivity index is 2.22. The van der Waals surface area contributed by atoms with Gasteiger partial charge in [0.05, 0.1) is 6.67 Å². The zero-order chi connectivity index (χ0) is 11.1. The third kappa shape index (κ3) is 4.05. The van der Waals surface area contributed by atoms with E-state index in [0.717, 1.165) is 45.7 Å². The van der Waals surface area contributed by atoms with Crippen molar-refractivity contribution in [1.82, 2.24) is 9.80 Å². The second kappa shape index (κ2) is 7.14. The van der Waals surface area contributed by atoms with Crippen LogP contribution in [0.3, 0.4) is 0 Å². The Morgan fingerprint density at radius 1 is 1.27 bits per heavy atom. The van der Waals surface area contributed by atoms with Crippen LogP contribution in [-0.4, -0.2) is 61.8 Å². The molecule has 1 fully saturated rings. The molecular formula is C11H24FN3. The van der Waals surface area contributed by atoms with Gasteiger partial charge < -0.3 is 10.6 Å². The maximum Gasteiger partial charge on any atom is 0.0906 e. The molecule has 1 heterocycles. The predicted octanol–water partition coefficient (Wildman–Crippen LogP) is 0.701. The van der Waals surface area contributed by atoms with Gasteiger partial charge in [0, 0.05) is 45.3 Å². The normalized spacial score (nSPS) is 21.8. The van der Waals surface area contributed by atoms with Crippen molar-refractivity contribution in [1.29, 1.82) is 0 Å².